The molecule has 6 aromatic carbocycles. The molecule has 0 atom stereocenters. The van der Waals surface area contributed by atoms with Crippen molar-refractivity contribution < 1.29 is 0 Å². The van der Waals surface area contributed by atoms with E-state index in [0.717, 1.165) is 46.5 Å². The summed E-state index contributed by atoms with van der Waals surface area (Å²) in [5.41, 5.74) is 13.1. The molecule has 0 spiro atoms. The Hall–Kier alpha value is -6.29. The van der Waals surface area contributed by atoms with E-state index in [1.807, 2.05) is 6.07 Å². The molecule has 0 fully saturated rings. The summed E-state index contributed by atoms with van der Waals surface area (Å²) < 4.78 is 4.79. The van der Waals surface area contributed by atoms with Gasteiger partial charge in [0, 0.05) is 50.3 Å². The van der Waals surface area contributed by atoms with Gasteiger partial charge in [-0.05, 0) is 66.4 Å². The van der Waals surface area contributed by atoms with Crippen LogP contribution in [0.3, 0.4) is 0 Å². The molecular formula is C43H27N3. The first-order valence-corrected chi connectivity index (χ1v) is 15.6. The van der Waals surface area contributed by atoms with E-state index in [4.69, 9.17) is 0 Å². The van der Waals surface area contributed by atoms with Gasteiger partial charge in [0.2, 0.25) is 0 Å². The van der Waals surface area contributed by atoms with Crippen molar-refractivity contribution in [2.75, 3.05) is 0 Å². The summed E-state index contributed by atoms with van der Waals surface area (Å²) in [7, 11) is 0. The average molecular weight is 586 g/mol. The minimum Gasteiger partial charge on any atom is -0.312 e. The molecule has 9 rings (SSSR count). The molecule has 0 N–H and O–H groups in total. The number of benzene rings is 5. The summed E-state index contributed by atoms with van der Waals surface area (Å²) in [6, 6.07) is 53.7. The monoisotopic (exact) mass is 585 g/mol. The van der Waals surface area contributed by atoms with Crippen molar-refractivity contribution in [3.63, 3.8) is 0 Å². The van der Waals surface area contributed by atoms with Gasteiger partial charge in [-0.2, -0.15) is 5.26 Å². The quantitative estimate of drug-likeness (QED) is 0.202. The third-order valence-corrected chi connectivity index (χ3v) is 9.26. The van der Waals surface area contributed by atoms with Crippen LogP contribution in [-0.4, -0.2) is 9.13 Å². The van der Waals surface area contributed by atoms with E-state index >= 15 is 0 Å². The van der Waals surface area contributed by atoms with Crippen molar-refractivity contribution >= 4 is 38.8 Å². The number of hydrogen-bond donors (Lipinski definition) is 0. The number of fused-ring (bicyclic) bond motifs is 6. The molecule has 0 aliphatic heterocycles. The third kappa shape index (κ3) is 4.00. The smallest absolute Gasteiger partial charge is 0.0998 e. The largest absolute Gasteiger partial charge is 0.312 e. The molecule has 0 radical (unpaired) electrons. The zero-order valence-corrected chi connectivity index (χ0v) is 25.0. The van der Waals surface area contributed by atoms with E-state index in [0.29, 0.717) is 5.56 Å². The molecule has 8 aromatic rings. The molecule has 3 nitrogen and oxygen atoms in total. The first-order valence-electron chi connectivity index (χ1n) is 15.6. The van der Waals surface area contributed by atoms with Crippen LogP contribution in [0.15, 0.2) is 133 Å². The minimum atomic E-state index is 0.574. The molecule has 214 valence electrons. The fourth-order valence-corrected chi connectivity index (χ4v) is 7.23. The van der Waals surface area contributed by atoms with Gasteiger partial charge in [0.15, 0.2) is 0 Å². The zero-order chi connectivity index (χ0) is 30.6. The van der Waals surface area contributed by atoms with Crippen LogP contribution in [0.4, 0.5) is 0 Å². The lowest BCUT2D eigenvalue weighted by molar-refractivity contribution is 0.889. The molecule has 0 unspecified atom stereocenters. The number of nitriles is 1. The highest BCUT2D eigenvalue weighted by molar-refractivity contribution is 6.09. The number of aromatic nitrogens is 2. The standard InChI is InChI=1S/C43H27N3/c44-28-29-11-9-13-32(25-29)34-24-23-31(27-43(34)46-41-21-7-3-17-37(41)38-18-4-8-22-42(38)46)30-12-10-14-33(26-30)45-39-19-5-1-15-35(39)36-16-2-6-20-40(36)45/h1-7,10-12,14-21,23-27H,8,22H2. The highest BCUT2D eigenvalue weighted by atomic mass is 15.0. The van der Waals surface area contributed by atoms with Crippen molar-refractivity contribution in [3.05, 3.63) is 162 Å². The van der Waals surface area contributed by atoms with Gasteiger partial charge in [-0.3, -0.25) is 0 Å². The first kappa shape index (κ1) is 26.1. The summed E-state index contributed by atoms with van der Waals surface area (Å²) in [5.74, 6) is 0. The van der Waals surface area contributed by atoms with Gasteiger partial charge in [0.05, 0.1) is 33.9 Å². The van der Waals surface area contributed by atoms with Crippen LogP contribution in [0.25, 0.3) is 72.4 Å². The molecular weight excluding hydrogens is 558 g/mol. The highest BCUT2D eigenvalue weighted by Gasteiger charge is 2.21. The Bertz CT molecular complexity index is 2500. The molecule has 2 aromatic heterocycles. The first-order chi connectivity index (χ1) is 22.8. The summed E-state index contributed by atoms with van der Waals surface area (Å²) >= 11 is 0. The predicted molar refractivity (Wildman–Crippen MR) is 188 cm³/mol. The number of para-hydroxylation sites is 3. The molecule has 46 heavy (non-hydrogen) atoms. The maximum absolute atomic E-state index is 9.69. The van der Waals surface area contributed by atoms with Crippen LogP contribution < -0.4 is 0 Å². The maximum Gasteiger partial charge on any atom is 0.0998 e. The topological polar surface area (TPSA) is 33.6 Å². The highest BCUT2D eigenvalue weighted by Crippen LogP contribution is 2.40. The fraction of sp³-hybridized carbons (Fsp3) is 0.0465. The van der Waals surface area contributed by atoms with Crippen LogP contribution in [0.2, 0.25) is 0 Å². The Morgan fingerprint density at radius 1 is 0.652 bits per heavy atom. The molecule has 1 aliphatic carbocycles. The van der Waals surface area contributed by atoms with Gasteiger partial charge < -0.3 is 9.13 Å². The number of rotatable bonds is 4. The minimum absolute atomic E-state index is 0.574. The van der Waals surface area contributed by atoms with Crippen LogP contribution in [0.5, 0.6) is 0 Å². The van der Waals surface area contributed by atoms with Gasteiger partial charge in [-0.1, -0.05) is 103 Å². The Morgan fingerprint density at radius 3 is 2.11 bits per heavy atom. The lowest BCUT2D eigenvalue weighted by Crippen LogP contribution is -2.05. The van der Waals surface area contributed by atoms with Crippen molar-refractivity contribution in [2.24, 2.45) is 0 Å². The Labute approximate surface area is 267 Å². The molecule has 0 bridgehead atoms. The van der Waals surface area contributed by atoms with Crippen LogP contribution in [0.1, 0.15) is 23.2 Å². The van der Waals surface area contributed by atoms with Crippen molar-refractivity contribution in [2.45, 2.75) is 12.8 Å². The van der Waals surface area contributed by atoms with Crippen molar-refractivity contribution in [3.8, 4) is 39.7 Å². The molecule has 2 heterocycles. The van der Waals surface area contributed by atoms with Gasteiger partial charge in [0.1, 0.15) is 0 Å². The van der Waals surface area contributed by atoms with Gasteiger partial charge in [-0.25, -0.2) is 0 Å². The van der Waals surface area contributed by atoms with Gasteiger partial charge >= 0.3 is 0 Å². The maximum atomic E-state index is 9.69. The Kier molecular flexibility index (Phi) is 5.92. The number of hydrogen-bond acceptors (Lipinski definition) is 1. The summed E-state index contributed by atoms with van der Waals surface area (Å²) in [6.07, 6.45) is 6.51. The van der Waals surface area contributed by atoms with E-state index in [-0.39, 0.29) is 0 Å². The second kappa shape index (κ2) is 10.4. The average Bonchev–Trinajstić information content (AvgIpc) is 3.65. The zero-order valence-electron chi connectivity index (χ0n) is 25.0. The van der Waals surface area contributed by atoms with E-state index in [1.165, 1.54) is 44.0 Å². The molecule has 1 aliphatic rings. The normalized spacial score (nSPS) is 12.3. The van der Waals surface area contributed by atoms with Gasteiger partial charge in [0.25, 0.3) is 0 Å². The summed E-state index contributed by atoms with van der Waals surface area (Å²) in [5, 5.41) is 13.4. The third-order valence-electron chi connectivity index (χ3n) is 9.26. The van der Waals surface area contributed by atoms with E-state index < -0.39 is 0 Å². The predicted octanol–water partition coefficient (Wildman–Crippen LogP) is 10.5. The number of nitrogens with zero attached hydrogens (tertiary/aromatic N) is 3. The fourth-order valence-electron chi connectivity index (χ4n) is 7.23. The van der Waals surface area contributed by atoms with E-state index in [2.05, 4.69) is 155 Å². The van der Waals surface area contributed by atoms with Gasteiger partial charge in [-0.15, -0.1) is 0 Å². The summed E-state index contributed by atoms with van der Waals surface area (Å²) in [4.78, 5) is 0. The van der Waals surface area contributed by atoms with Crippen LogP contribution in [-0.2, 0) is 6.42 Å². The van der Waals surface area contributed by atoms with E-state index in [9.17, 15) is 5.26 Å². The molecule has 0 saturated heterocycles. The summed E-state index contributed by atoms with van der Waals surface area (Å²) in [6.45, 7) is 0. The second-order valence-corrected chi connectivity index (χ2v) is 11.8. The molecule has 3 heteroatoms. The van der Waals surface area contributed by atoms with E-state index in [1.54, 1.807) is 6.07 Å². The van der Waals surface area contributed by atoms with Crippen molar-refractivity contribution in [1.82, 2.24) is 9.13 Å². The van der Waals surface area contributed by atoms with Crippen LogP contribution >= 0.6 is 0 Å². The molecule has 0 saturated carbocycles. The Morgan fingerprint density at radius 2 is 1.35 bits per heavy atom. The second-order valence-electron chi connectivity index (χ2n) is 11.8. The molecule has 0 amide bonds. The van der Waals surface area contributed by atoms with Crippen molar-refractivity contribution in [1.29, 1.82) is 5.26 Å². The SMILES string of the molecule is N#Cc1cc#cc(-c2ccc(-c3cccc(-n4c5ccccc5c5ccccc54)c3)cc2-n2c3c(c4ccccc42)C=CCC3)c1. The lowest BCUT2D eigenvalue weighted by Gasteiger charge is -2.18. The lowest BCUT2D eigenvalue weighted by atomic mass is 9.97. The Balaban J connectivity index is 1.29. The van der Waals surface area contributed by atoms with Crippen LogP contribution in [0, 0.1) is 23.5 Å². The number of allylic oxidation sites excluding steroid dienone is 1.